The maximum absolute atomic E-state index is 12.2. The molecule has 0 aliphatic heterocycles. The summed E-state index contributed by atoms with van der Waals surface area (Å²) >= 11 is 0. The van der Waals surface area contributed by atoms with Gasteiger partial charge in [0.25, 0.3) is 5.91 Å². The molecule has 0 atom stereocenters. The summed E-state index contributed by atoms with van der Waals surface area (Å²) in [5.41, 5.74) is 1.42. The highest BCUT2D eigenvalue weighted by atomic mass is 16.2. The molecule has 1 N–H and O–H groups in total. The zero-order chi connectivity index (χ0) is 12.3. The van der Waals surface area contributed by atoms with Crippen molar-refractivity contribution in [3.05, 3.63) is 30.0 Å². The molecule has 90 valence electrons. The van der Waals surface area contributed by atoms with Crippen LogP contribution in [0.2, 0.25) is 0 Å². The molecule has 0 spiro atoms. The Morgan fingerprint density at radius 3 is 2.94 bits per heavy atom. The number of fused-ring (bicyclic) bond motifs is 1. The zero-order valence-electron chi connectivity index (χ0n) is 10.2. The van der Waals surface area contributed by atoms with E-state index in [2.05, 4.69) is 17.1 Å². The Bertz CT molecular complexity index is 518. The fourth-order valence-electron chi connectivity index (χ4n) is 1.80. The zero-order valence-corrected chi connectivity index (χ0v) is 10.2. The summed E-state index contributed by atoms with van der Waals surface area (Å²) in [7, 11) is 1.82. The normalized spacial score (nSPS) is 10.7. The highest BCUT2D eigenvalue weighted by Crippen LogP contribution is 2.16. The molecule has 17 heavy (non-hydrogen) atoms. The maximum atomic E-state index is 12.2. The van der Waals surface area contributed by atoms with Gasteiger partial charge in [0.1, 0.15) is 0 Å². The third-order valence-electron chi connectivity index (χ3n) is 2.87. The number of aromatic nitrogens is 2. The fraction of sp³-hybridized carbons (Fsp3) is 0.385. The van der Waals surface area contributed by atoms with Gasteiger partial charge >= 0.3 is 0 Å². The number of aromatic amines is 1. The first-order valence-corrected chi connectivity index (χ1v) is 5.92. The number of unbranched alkanes of at least 4 members (excludes halogenated alkanes) is 1. The smallest absolute Gasteiger partial charge is 0.274 e. The lowest BCUT2D eigenvalue weighted by atomic mass is 10.2. The second-order valence-electron chi connectivity index (χ2n) is 4.20. The minimum atomic E-state index is -0.0177. The van der Waals surface area contributed by atoms with Crippen molar-refractivity contribution in [3.8, 4) is 0 Å². The Hall–Kier alpha value is -1.84. The van der Waals surface area contributed by atoms with Crippen LogP contribution in [0, 0.1) is 0 Å². The molecule has 0 saturated carbocycles. The number of amides is 1. The first kappa shape index (κ1) is 11.6. The van der Waals surface area contributed by atoms with E-state index in [-0.39, 0.29) is 5.91 Å². The molecule has 0 aliphatic carbocycles. The van der Waals surface area contributed by atoms with Crippen molar-refractivity contribution < 1.29 is 4.79 Å². The summed E-state index contributed by atoms with van der Waals surface area (Å²) in [4.78, 5) is 13.9. The first-order valence-electron chi connectivity index (χ1n) is 5.92. The summed E-state index contributed by atoms with van der Waals surface area (Å²) in [6.45, 7) is 2.89. The van der Waals surface area contributed by atoms with E-state index in [9.17, 15) is 4.79 Å². The van der Waals surface area contributed by atoms with Crippen LogP contribution < -0.4 is 0 Å². The average molecular weight is 231 g/mol. The van der Waals surface area contributed by atoms with E-state index in [0.717, 1.165) is 30.3 Å². The number of benzene rings is 1. The number of H-pyrrole nitrogens is 1. The summed E-state index contributed by atoms with van der Waals surface area (Å²) < 4.78 is 0. The lowest BCUT2D eigenvalue weighted by Gasteiger charge is -2.15. The van der Waals surface area contributed by atoms with E-state index < -0.39 is 0 Å². The van der Waals surface area contributed by atoms with E-state index in [1.165, 1.54) is 0 Å². The van der Waals surface area contributed by atoms with Gasteiger partial charge in [0.15, 0.2) is 5.69 Å². The monoisotopic (exact) mass is 231 g/mol. The van der Waals surface area contributed by atoms with Gasteiger partial charge in [-0.25, -0.2) is 0 Å². The van der Waals surface area contributed by atoms with E-state index >= 15 is 0 Å². The number of hydrogen-bond donors (Lipinski definition) is 1. The molecule has 1 amide bonds. The molecule has 0 bridgehead atoms. The first-order chi connectivity index (χ1) is 8.24. The van der Waals surface area contributed by atoms with E-state index in [4.69, 9.17) is 0 Å². The second-order valence-corrected chi connectivity index (χ2v) is 4.20. The summed E-state index contributed by atoms with van der Waals surface area (Å²) in [6.07, 6.45) is 2.10. The summed E-state index contributed by atoms with van der Waals surface area (Å²) in [5.74, 6) is -0.0177. The summed E-state index contributed by atoms with van der Waals surface area (Å²) in [5, 5.41) is 7.88. The van der Waals surface area contributed by atoms with Crippen molar-refractivity contribution in [2.45, 2.75) is 19.8 Å². The van der Waals surface area contributed by atoms with E-state index in [0.29, 0.717) is 5.69 Å². The SMILES string of the molecule is CCCCN(C)C(=O)c1n[nH]c2ccccc12. The van der Waals surface area contributed by atoms with Crippen molar-refractivity contribution in [3.63, 3.8) is 0 Å². The Balaban J connectivity index is 2.24. The molecule has 0 fully saturated rings. The topological polar surface area (TPSA) is 49.0 Å². The van der Waals surface area contributed by atoms with Crippen molar-refractivity contribution in [1.82, 2.24) is 15.1 Å². The predicted octanol–water partition coefficient (Wildman–Crippen LogP) is 2.44. The molecule has 0 aliphatic rings. The predicted molar refractivity (Wildman–Crippen MR) is 68.0 cm³/mol. The Labute approximate surface area is 101 Å². The van der Waals surface area contributed by atoms with Crippen LogP contribution in [-0.2, 0) is 0 Å². The Morgan fingerprint density at radius 2 is 2.18 bits per heavy atom. The number of rotatable bonds is 4. The highest BCUT2D eigenvalue weighted by Gasteiger charge is 2.17. The lowest BCUT2D eigenvalue weighted by Crippen LogP contribution is -2.28. The van der Waals surface area contributed by atoms with Crippen LogP contribution in [0.3, 0.4) is 0 Å². The molecule has 0 radical (unpaired) electrons. The van der Waals surface area contributed by atoms with Crippen LogP contribution in [-0.4, -0.2) is 34.6 Å². The Kier molecular flexibility index (Phi) is 3.42. The van der Waals surface area contributed by atoms with Crippen LogP contribution in [0.25, 0.3) is 10.9 Å². The van der Waals surface area contributed by atoms with Crippen LogP contribution in [0.1, 0.15) is 30.3 Å². The minimum absolute atomic E-state index is 0.0177. The number of carbonyl (C=O) groups is 1. The average Bonchev–Trinajstić information content (AvgIpc) is 2.78. The number of hydrogen-bond acceptors (Lipinski definition) is 2. The minimum Gasteiger partial charge on any atom is -0.340 e. The number of para-hydroxylation sites is 1. The molecular weight excluding hydrogens is 214 g/mol. The summed E-state index contributed by atoms with van der Waals surface area (Å²) in [6, 6.07) is 7.68. The van der Waals surface area contributed by atoms with Gasteiger partial charge in [0.05, 0.1) is 5.52 Å². The number of carbonyl (C=O) groups excluding carboxylic acids is 1. The molecule has 0 unspecified atom stereocenters. The highest BCUT2D eigenvalue weighted by molar-refractivity contribution is 6.04. The van der Waals surface area contributed by atoms with Crippen LogP contribution >= 0.6 is 0 Å². The van der Waals surface area contributed by atoms with Crippen LogP contribution in [0.15, 0.2) is 24.3 Å². The maximum Gasteiger partial charge on any atom is 0.274 e. The largest absolute Gasteiger partial charge is 0.340 e. The van der Waals surface area contributed by atoms with Crippen molar-refractivity contribution >= 4 is 16.8 Å². The van der Waals surface area contributed by atoms with Crippen molar-refractivity contribution in [2.24, 2.45) is 0 Å². The molecule has 0 saturated heterocycles. The van der Waals surface area contributed by atoms with Gasteiger partial charge in [0, 0.05) is 19.0 Å². The molecule has 1 aromatic heterocycles. The van der Waals surface area contributed by atoms with Gasteiger partial charge in [-0.05, 0) is 12.5 Å². The van der Waals surface area contributed by atoms with Gasteiger partial charge in [-0.2, -0.15) is 5.10 Å². The molecule has 2 aromatic rings. The molecule has 4 heteroatoms. The third kappa shape index (κ3) is 2.30. The molecule has 2 rings (SSSR count). The van der Waals surface area contributed by atoms with E-state index in [1.54, 1.807) is 4.90 Å². The molecular formula is C13H17N3O. The number of nitrogens with one attached hydrogen (secondary N) is 1. The van der Waals surface area contributed by atoms with Gasteiger partial charge < -0.3 is 4.90 Å². The third-order valence-corrected chi connectivity index (χ3v) is 2.87. The van der Waals surface area contributed by atoms with Gasteiger partial charge in [-0.15, -0.1) is 0 Å². The molecule has 1 aromatic carbocycles. The van der Waals surface area contributed by atoms with Crippen molar-refractivity contribution in [2.75, 3.05) is 13.6 Å². The standard InChI is InChI=1S/C13H17N3O/c1-3-4-9-16(2)13(17)12-10-7-5-6-8-11(10)14-15-12/h5-8H,3-4,9H2,1-2H3,(H,14,15). The van der Waals surface area contributed by atoms with Crippen LogP contribution in [0.5, 0.6) is 0 Å². The molecule has 4 nitrogen and oxygen atoms in total. The van der Waals surface area contributed by atoms with Crippen LogP contribution in [0.4, 0.5) is 0 Å². The van der Waals surface area contributed by atoms with Gasteiger partial charge in [-0.3, -0.25) is 9.89 Å². The van der Waals surface area contributed by atoms with Gasteiger partial charge in [0.2, 0.25) is 0 Å². The van der Waals surface area contributed by atoms with Gasteiger partial charge in [-0.1, -0.05) is 31.5 Å². The lowest BCUT2D eigenvalue weighted by molar-refractivity contribution is 0.0789. The number of nitrogens with zero attached hydrogens (tertiary/aromatic N) is 2. The van der Waals surface area contributed by atoms with Crippen molar-refractivity contribution in [1.29, 1.82) is 0 Å². The fourth-order valence-corrected chi connectivity index (χ4v) is 1.80. The molecule has 1 heterocycles. The van der Waals surface area contributed by atoms with E-state index in [1.807, 2.05) is 31.3 Å². The quantitative estimate of drug-likeness (QED) is 0.878. The Morgan fingerprint density at radius 1 is 1.41 bits per heavy atom. The second kappa shape index (κ2) is 4.99.